The molecule has 0 saturated heterocycles. The molecule has 1 atom stereocenters. The lowest BCUT2D eigenvalue weighted by Gasteiger charge is -2.15. The van der Waals surface area contributed by atoms with Crippen LogP contribution in [0.1, 0.15) is 36.5 Å². The van der Waals surface area contributed by atoms with E-state index in [2.05, 4.69) is 9.46 Å². The molecule has 1 aromatic rings. The van der Waals surface area contributed by atoms with E-state index in [1.165, 1.54) is 13.2 Å². The van der Waals surface area contributed by atoms with Crippen LogP contribution in [0.2, 0.25) is 5.02 Å². The second-order valence-corrected chi connectivity index (χ2v) is 6.88. The highest BCUT2D eigenvalue weighted by Gasteiger charge is 2.27. The normalized spacial score (nSPS) is 12.7. The topological polar surface area (TPSA) is 110 Å². The van der Waals surface area contributed by atoms with Crippen LogP contribution < -0.4 is 4.72 Å². The van der Waals surface area contributed by atoms with Crippen LogP contribution in [0.4, 0.5) is 0 Å². The number of esters is 1. The molecule has 0 spiro atoms. The van der Waals surface area contributed by atoms with E-state index in [1.807, 2.05) is 6.92 Å². The Kier molecular flexibility index (Phi) is 6.99. The number of carbonyl (C=O) groups is 2. The summed E-state index contributed by atoms with van der Waals surface area (Å²) >= 11 is 5.91. The zero-order chi connectivity index (χ0) is 17.6. The van der Waals surface area contributed by atoms with Crippen molar-refractivity contribution in [2.75, 3.05) is 7.11 Å². The van der Waals surface area contributed by atoms with Crippen molar-refractivity contribution in [3.8, 4) is 0 Å². The molecule has 0 saturated carbocycles. The van der Waals surface area contributed by atoms with Gasteiger partial charge in [-0.25, -0.2) is 13.2 Å². The second-order valence-electron chi connectivity index (χ2n) is 4.79. The SMILES string of the molecule is CCCCC(NS(=O)(=O)c1ccc(C(=O)OC)cc1Cl)C(=O)O. The lowest BCUT2D eigenvalue weighted by Crippen LogP contribution is -2.40. The van der Waals surface area contributed by atoms with Crippen molar-refractivity contribution in [1.82, 2.24) is 4.72 Å². The largest absolute Gasteiger partial charge is 0.480 e. The summed E-state index contributed by atoms with van der Waals surface area (Å²) in [4.78, 5) is 22.3. The minimum Gasteiger partial charge on any atom is -0.480 e. The molecule has 0 heterocycles. The lowest BCUT2D eigenvalue weighted by molar-refractivity contribution is -0.139. The molecule has 0 bridgehead atoms. The number of halogens is 1. The van der Waals surface area contributed by atoms with Crippen LogP contribution in [-0.2, 0) is 19.6 Å². The Bertz CT molecular complexity index is 689. The number of rotatable bonds is 8. The Morgan fingerprint density at radius 2 is 2.04 bits per heavy atom. The molecule has 0 fully saturated rings. The Morgan fingerprint density at radius 3 is 2.52 bits per heavy atom. The number of hydrogen-bond donors (Lipinski definition) is 2. The molecule has 23 heavy (non-hydrogen) atoms. The van der Waals surface area contributed by atoms with Crippen molar-refractivity contribution in [1.29, 1.82) is 0 Å². The number of benzene rings is 1. The van der Waals surface area contributed by atoms with E-state index in [0.717, 1.165) is 18.6 Å². The Balaban J connectivity index is 3.08. The summed E-state index contributed by atoms with van der Waals surface area (Å²) in [5.41, 5.74) is 0.0946. The Hall–Kier alpha value is -1.64. The fraction of sp³-hybridized carbons (Fsp3) is 0.429. The third-order valence-corrected chi connectivity index (χ3v) is 5.04. The van der Waals surface area contributed by atoms with Crippen LogP contribution in [0.15, 0.2) is 23.1 Å². The van der Waals surface area contributed by atoms with Crippen LogP contribution >= 0.6 is 11.6 Å². The van der Waals surface area contributed by atoms with Crippen LogP contribution in [0.25, 0.3) is 0 Å². The predicted molar refractivity (Wildman–Crippen MR) is 84.1 cm³/mol. The quantitative estimate of drug-likeness (QED) is 0.684. The van der Waals surface area contributed by atoms with E-state index < -0.39 is 28.0 Å². The van der Waals surface area contributed by atoms with Gasteiger partial charge in [0.05, 0.1) is 17.7 Å². The summed E-state index contributed by atoms with van der Waals surface area (Å²) in [5.74, 6) is -1.92. The maximum atomic E-state index is 12.3. The van der Waals surface area contributed by atoms with Gasteiger partial charge in [0.2, 0.25) is 10.0 Å². The highest BCUT2D eigenvalue weighted by molar-refractivity contribution is 7.89. The molecule has 0 radical (unpaired) electrons. The maximum absolute atomic E-state index is 12.3. The van der Waals surface area contributed by atoms with Gasteiger partial charge in [0.25, 0.3) is 0 Å². The van der Waals surface area contributed by atoms with Crippen molar-refractivity contribution >= 4 is 33.6 Å². The van der Waals surface area contributed by atoms with Crippen molar-refractivity contribution < 1.29 is 27.9 Å². The van der Waals surface area contributed by atoms with E-state index >= 15 is 0 Å². The molecule has 0 aliphatic carbocycles. The molecule has 1 unspecified atom stereocenters. The van der Waals surface area contributed by atoms with Crippen molar-refractivity contribution in [2.24, 2.45) is 0 Å². The van der Waals surface area contributed by atoms with Gasteiger partial charge in [-0.1, -0.05) is 31.4 Å². The molecule has 1 rings (SSSR count). The smallest absolute Gasteiger partial charge is 0.337 e. The van der Waals surface area contributed by atoms with E-state index in [9.17, 15) is 18.0 Å². The monoisotopic (exact) mass is 363 g/mol. The third-order valence-electron chi connectivity index (χ3n) is 3.08. The summed E-state index contributed by atoms with van der Waals surface area (Å²) in [5, 5.41) is 8.91. The number of unbranched alkanes of at least 4 members (excludes halogenated alkanes) is 1. The standard InChI is InChI=1S/C14H18ClNO6S/c1-3-4-5-11(13(17)18)16-23(20,21)12-7-6-9(8-10(12)15)14(19)22-2/h6-8,11,16H,3-5H2,1-2H3,(H,17,18). The van der Waals surface area contributed by atoms with Gasteiger partial charge in [-0.3, -0.25) is 4.79 Å². The van der Waals surface area contributed by atoms with Gasteiger partial charge >= 0.3 is 11.9 Å². The highest BCUT2D eigenvalue weighted by atomic mass is 35.5. The van der Waals surface area contributed by atoms with E-state index in [-0.39, 0.29) is 21.9 Å². The molecule has 0 aliphatic rings. The zero-order valence-corrected chi connectivity index (χ0v) is 14.3. The lowest BCUT2D eigenvalue weighted by atomic mass is 10.1. The number of carboxylic acids is 1. The maximum Gasteiger partial charge on any atom is 0.337 e. The number of methoxy groups -OCH3 is 1. The van der Waals surface area contributed by atoms with Gasteiger partial charge in [0, 0.05) is 0 Å². The number of sulfonamides is 1. The number of carboxylic acid groups (broad SMARTS) is 1. The summed E-state index contributed by atoms with van der Waals surface area (Å²) in [7, 11) is -2.94. The third kappa shape index (κ3) is 5.19. The summed E-state index contributed by atoms with van der Waals surface area (Å²) in [6, 6.07) is 2.30. The molecule has 0 amide bonds. The van der Waals surface area contributed by atoms with Crippen LogP contribution in [0.3, 0.4) is 0 Å². The minimum absolute atomic E-state index is 0.0946. The summed E-state index contributed by atoms with van der Waals surface area (Å²) in [6.45, 7) is 1.87. The molecule has 0 aliphatic heterocycles. The number of hydrogen-bond acceptors (Lipinski definition) is 5. The molecule has 7 nitrogen and oxygen atoms in total. The predicted octanol–water partition coefficient (Wildman–Crippen LogP) is 2.05. The van der Waals surface area contributed by atoms with Crippen LogP contribution in [-0.4, -0.2) is 38.6 Å². The van der Waals surface area contributed by atoms with Crippen molar-refractivity contribution in [3.05, 3.63) is 28.8 Å². The first kappa shape index (κ1) is 19.4. The minimum atomic E-state index is -4.13. The van der Waals surface area contributed by atoms with Crippen LogP contribution in [0, 0.1) is 0 Å². The average Bonchev–Trinajstić information content (AvgIpc) is 2.49. The molecule has 1 aromatic carbocycles. The number of aliphatic carboxylic acids is 1. The molecular weight excluding hydrogens is 346 g/mol. The van der Waals surface area contributed by atoms with Gasteiger partial charge in [0.1, 0.15) is 10.9 Å². The second kappa shape index (κ2) is 8.28. The number of ether oxygens (including phenoxy) is 1. The Morgan fingerprint density at radius 1 is 1.39 bits per heavy atom. The van der Waals surface area contributed by atoms with E-state index in [1.54, 1.807) is 0 Å². The first-order valence-electron chi connectivity index (χ1n) is 6.86. The van der Waals surface area contributed by atoms with Gasteiger partial charge in [0.15, 0.2) is 0 Å². The van der Waals surface area contributed by atoms with Gasteiger partial charge < -0.3 is 9.84 Å². The molecule has 2 N–H and O–H groups in total. The fourth-order valence-corrected chi connectivity index (χ4v) is 3.62. The van der Waals surface area contributed by atoms with E-state index in [0.29, 0.717) is 6.42 Å². The average molecular weight is 364 g/mol. The summed E-state index contributed by atoms with van der Waals surface area (Å²) < 4.78 is 31.2. The number of nitrogens with one attached hydrogen (secondary N) is 1. The first-order chi connectivity index (χ1) is 10.7. The Labute approximate surface area is 139 Å². The van der Waals surface area contributed by atoms with Gasteiger partial charge in [-0.05, 0) is 24.6 Å². The fourth-order valence-electron chi connectivity index (χ4n) is 1.86. The van der Waals surface area contributed by atoms with E-state index in [4.69, 9.17) is 16.7 Å². The molecular formula is C14H18ClNO6S. The number of carbonyl (C=O) groups excluding carboxylic acids is 1. The highest BCUT2D eigenvalue weighted by Crippen LogP contribution is 2.23. The molecule has 9 heteroatoms. The summed E-state index contributed by atoms with van der Waals surface area (Å²) in [6.07, 6.45) is 1.47. The zero-order valence-electron chi connectivity index (χ0n) is 12.7. The van der Waals surface area contributed by atoms with Crippen molar-refractivity contribution in [2.45, 2.75) is 37.1 Å². The molecule has 128 valence electrons. The first-order valence-corrected chi connectivity index (χ1v) is 8.72. The van der Waals surface area contributed by atoms with Gasteiger partial charge in [-0.15, -0.1) is 0 Å². The van der Waals surface area contributed by atoms with Crippen molar-refractivity contribution in [3.63, 3.8) is 0 Å². The van der Waals surface area contributed by atoms with Gasteiger partial charge in [-0.2, -0.15) is 4.72 Å². The molecule has 0 aromatic heterocycles. The van der Waals surface area contributed by atoms with Crippen LogP contribution in [0.5, 0.6) is 0 Å².